The normalized spacial score (nSPS) is 18.7. The van der Waals surface area contributed by atoms with Crippen LogP contribution in [0.25, 0.3) is 0 Å². The zero-order chi connectivity index (χ0) is 30.6. The number of aromatic nitrogens is 6. The van der Waals surface area contributed by atoms with Gasteiger partial charge < -0.3 is 31.0 Å². The van der Waals surface area contributed by atoms with Gasteiger partial charge in [0, 0.05) is 29.6 Å². The highest BCUT2D eigenvalue weighted by atomic mass is 32.2. The first-order valence-corrected chi connectivity index (χ1v) is 15.0. The fraction of sp³-hybridized carbons (Fsp3) is 0.524. The highest BCUT2D eigenvalue weighted by molar-refractivity contribution is 8.01. The SMILES string of the molecule is CON=C(C(=O)NC1C(=O)N2C(C(=O)O)=C(CSc3nnnn3CCNC(=O)OC(C)(C)C)CS[C@H]12)c1nsc(N)n1. The van der Waals surface area contributed by atoms with Gasteiger partial charge in [0.05, 0.1) is 6.54 Å². The molecule has 4 heterocycles. The molecular formula is C21H27N11O7S3. The average Bonchev–Trinajstić information content (AvgIpc) is 3.55. The minimum atomic E-state index is -1.28. The van der Waals surface area contributed by atoms with E-state index in [1.807, 2.05) is 0 Å². The number of anilines is 1. The number of nitrogens with two attached hydrogens (primary N) is 1. The quantitative estimate of drug-likeness (QED) is 0.105. The Balaban J connectivity index is 1.39. The summed E-state index contributed by atoms with van der Waals surface area (Å²) in [5.41, 5.74) is 5.00. The fourth-order valence-corrected chi connectivity index (χ4v) is 6.60. The van der Waals surface area contributed by atoms with Crippen LogP contribution in [0.2, 0.25) is 0 Å². The van der Waals surface area contributed by atoms with E-state index in [1.165, 1.54) is 35.3 Å². The van der Waals surface area contributed by atoms with E-state index in [9.17, 15) is 24.3 Å². The van der Waals surface area contributed by atoms with Crippen LogP contribution in [0, 0.1) is 0 Å². The van der Waals surface area contributed by atoms with Gasteiger partial charge in [-0.3, -0.25) is 14.5 Å². The zero-order valence-electron chi connectivity index (χ0n) is 22.8. The second-order valence-corrected chi connectivity index (χ2v) is 12.4. The zero-order valence-corrected chi connectivity index (χ0v) is 25.2. The van der Waals surface area contributed by atoms with E-state index >= 15 is 0 Å². The molecule has 21 heteroatoms. The Kier molecular flexibility index (Phi) is 9.51. The van der Waals surface area contributed by atoms with E-state index in [1.54, 1.807) is 20.8 Å². The molecule has 18 nitrogen and oxygen atoms in total. The molecule has 0 aliphatic carbocycles. The summed E-state index contributed by atoms with van der Waals surface area (Å²) in [5, 5.41) is 30.2. The van der Waals surface area contributed by atoms with Crippen molar-refractivity contribution in [3.05, 3.63) is 17.1 Å². The summed E-state index contributed by atoms with van der Waals surface area (Å²) in [4.78, 5) is 59.8. The number of fused-ring (bicyclic) bond motifs is 1. The van der Waals surface area contributed by atoms with Gasteiger partial charge in [-0.1, -0.05) is 16.9 Å². The second-order valence-electron chi connectivity index (χ2n) is 9.60. The minimum absolute atomic E-state index is 0.0647. The van der Waals surface area contributed by atoms with Crippen molar-refractivity contribution < 1.29 is 33.9 Å². The molecule has 0 spiro atoms. The molecular weight excluding hydrogens is 615 g/mol. The first kappa shape index (κ1) is 31.0. The van der Waals surface area contributed by atoms with Gasteiger partial charge in [0.15, 0.2) is 5.13 Å². The van der Waals surface area contributed by atoms with E-state index in [4.69, 9.17) is 15.3 Å². The molecule has 226 valence electrons. The molecule has 0 radical (unpaired) electrons. The van der Waals surface area contributed by atoms with Crippen LogP contribution in [0.3, 0.4) is 0 Å². The molecule has 2 aromatic heterocycles. The molecule has 1 saturated heterocycles. The van der Waals surface area contributed by atoms with Crippen molar-refractivity contribution in [2.75, 3.05) is 30.9 Å². The summed E-state index contributed by atoms with van der Waals surface area (Å²) < 4.78 is 10.6. The van der Waals surface area contributed by atoms with Crippen LogP contribution in [0.5, 0.6) is 0 Å². The van der Waals surface area contributed by atoms with Gasteiger partial charge in [-0.25, -0.2) is 14.3 Å². The number of tetrazole rings is 1. The third-order valence-corrected chi connectivity index (χ3v) is 8.38. The number of hydrogen-bond acceptors (Lipinski definition) is 16. The van der Waals surface area contributed by atoms with Crippen molar-refractivity contribution in [3.63, 3.8) is 0 Å². The van der Waals surface area contributed by atoms with Crippen LogP contribution in [-0.4, -0.2) is 111 Å². The highest BCUT2D eigenvalue weighted by Gasteiger charge is 2.54. The highest BCUT2D eigenvalue weighted by Crippen LogP contribution is 2.41. The Bertz CT molecular complexity index is 1430. The number of ether oxygens (including phenoxy) is 1. The number of nitrogens with one attached hydrogen (secondary N) is 2. The summed E-state index contributed by atoms with van der Waals surface area (Å²) in [6, 6.07) is -1.01. The molecule has 3 amide bonds. The Hall–Kier alpha value is -3.98. The molecule has 2 aromatic rings. The number of carbonyl (C=O) groups excluding carboxylic acids is 3. The first-order valence-electron chi connectivity index (χ1n) is 12.2. The maximum atomic E-state index is 13.1. The fourth-order valence-electron chi connectivity index (χ4n) is 3.78. The number of aliphatic carboxylic acids is 1. The van der Waals surface area contributed by atoms with E-state index < -0.39 is 40.9 Å². The predicted octanol–water partition coefficient (Wildman–Crippen LogP) is -0.487. The van der Waals surface area contributed by atoms with Gasteiger partial charge >= 0.3 is 12.1 Å². The second kappa shape index (κ2) is 12.9. The number of nitrogen functional groups attached to an aromatic ring is 1. The molecule has 1 fully saturated rings. The van der Waals surface area contributed by atoms with E-state index in [2.05, 4.69) is 40.7 Å². The number of rotatable bonds is 11. The number of nitrogens with zero attached hydrogens (tertiary/aromatic N) is 8. The van der Waals surface area contributed by atoms with E-state index in [-0.39, 0.29) is 47.0 Å². The summed E-state index contributed by atoms with van der Waals surface area (Å²) >= 11 is 3.35. The number of amides is 3. The Morgan fingerprint density at radius 2 is 2.07 bits per heavy atom. The summed E-state index contributed by atoms with van der Waals surface area (Å²) in [6.45, 7) is 5.71. The van der Waals surface area contributed by atoms with Gasteiger partial charge in [-0.05, 0) is 36.8 Å². The molecule has 4 rings (SSSR count). The number of β-lactam (4-membered cyclic amide) rings is 1. The minimum Gasteiger partial charge on any atom is -0.477 e. The van der Waals surface area contributed by atoms with Crippen LogP contribution in [0.15, 0.2) is 21.6 Å². The molecule has 1 unspecified atom stereocenters. The summed E-state index contributed by atoms with van der Waals surface area (Å²) in [6.07, 6.45) is -0.574. The molecule has 0 saturated carbocycles. The van der Waals surface area contributed by atoms with Crippen molar-refractivity contribution in [1.29, 1.82) is 0 Å². The molecule has 2 atom stereocenters. The maximum absolute atomic E-state index is 13.1. The largest absolute Gasteiger partial charge is 0.477 e. The smallest absolute Gasteiger partial charge is 0.407 e. The van der Waals surface area contributed by atoms with Crippen molar-refractivity contribution in [1.82, 2.24) is 45.1 Å². The molecule has 0 aromatic carbocycles. The van der Waals surface area contributed by atoms with Crippen LogP contribution >= 0.6 is 35.1 Å². The summed E-state index contributed by atoms with van der Waals surface area (Å²) in [7, 11) is 1.24. The Labute approximate surface area is 251 Å². The lowest BCUT2D eigenvalue weighted by molar-refractivity contribution is -0.150. The molecule has 2 aliphatic heterocycles. The monoisotopic (exact) mass is 641 g/mol. The van der Waals surface area contributed by atoms with Crippen molar-refractivity contribution in [2.24, 2.45) is 5.16 Å². The Morgan fingerprint density at radius 3 is 2.71 bits per heavy atom. The van der Waals surface area contributed by atoms with Crippen molar-refractivity contribution >= 4 is 69.8 Å². The van der Waals surface area contributed by atoms with Crippen LogP contribution in [0.1, 0.15) is 26.6 Å². The van der Waals surface area contributed by atoms with Crippen molar-refractivity contribution in [3.8, 4) is 0 Å². The molecule has 42 heavy (non-hydrogen) atoms. The molecule has 0 bridgehead atoms. The number of carboxylic acids is 1. The van der Waals surface area contributed by atoms with Gasteiger partial charge in [-0.2, -0.15) is 9.36 Å². The number of alkyl carbamates (subject to hydrolysis) is 1. The van der Waals surface area contributed by atoms with E-state index in [0.717, 1.165) is 16.4 Å². The Morgan fingerprint density at radius 1 is 1.31 bits per heavy atom. The van der Waals surface area contributed by atoms with Crippen LogP contribution in [0.4, 0.5) is 9.93 Å². The lowest BCUT2D eigenvalue weighted by Crippen LogP contribution is -2.71. The van der Waals surface area contributed by atoms with Gasteiger partial charge in [0.1, 0.15) is 29.8 Å². The molecule has 2 aliphatic rings. The third-order valence-electron chi connectivity index (χ3n) is 5.45. The van der Waals surface area contributed by atoms with Gasteiger partial charge in [-0.15, -0.1) is 16.9 Å². The topological polar surface area (TPSA) is 242 Å². The predicted molar refractivity (Wildman–Crippen MR) is 150 cm³/mol. The number of thioether (sulfide) groups is 2. The maximum Gasteiger partial charge on any atom is 0.407 e. The van der Waals surface area contributed by atoms with Crippen LogP contribution < -0.4 is 16.4 Å². The summed E-state index contributed by atoms with van der Waals surface area (Å²) in [5.74, 6) is -2.25. The van der Waals surface area contributed by atoms with Crippen LogP contribution in [-0.2, 0) is 30.5 Å². The average molecular weight is 642 g/mol. The number of carboxylic acid groups (broad SMARTS) is 1. The van der Waals surface area contributed by atoms with Gasteiger partial charge in [0.25, 0.3) is 11.8 Å². The molecule has 5 N–H and O–H groups in total. The van der Waals surface area contributed by atoms with Gasteiger partial charge in [0.2, 0.25) is 16.7 Å². The number of carbonyl (C=O) groups is 4. The number of hydrogen-bond donors (Lipinski definition) is 4. The standard InChI is InChI=1S/C21H27N11O7S3/c1-21(2,3)39-20(37)23-5-6-31-19(26-29-30-31)41-8-9-7-40-16-11(15(34)32(16)12(9)17(35)36)24-14(33)10(27-38-4)13-25-18(22)42-28-13/h11,16H,5-8H2,1-4H3,(H,23,37)(H,24,33)(H,35,36)(H2,22,25,28)/t11?,16-/m1/s1. The number of oxime groups is 1. The lowest BCUT2D eigenvalue weighted by atomic mass is 10.0. The third kappa shape index (κ3) is 7.07. The van der Waals surface area contributed by atoms with E-state index in [0.29, 0.717) is 10.7 Å². The van der Waals surface area contributed by atoms with Crippen molar-refractivity contribution in [2.45, 2.75) is 49.5 Å². The lowest BCUT2D eigenvalue weighted by Gasteiger charge is -2.49. The first-order chi connectivity index (χ1) is 19.9.